The van der Waals surface area contributed by atoms with Gasteiger partial charge in [-0.15, -0.1) is 5.10 Å². The van der Waals surface area contributed by atoms with Crippen molar-refractivity contribution in [2.24, 2.45) is 0 Å². The highest BCUT2D eigenvalue weighted by Gasteiger charge is 2.20. The van der Waals surface area contributed by atoms with Crippen LogP contribution in [0.1, 0.15) is 5.71 Å². The Labute approximate surface area is 126 Å². The first kappa shape index (κ1) is 14.0. The minimum Gasteiger partial charge on any atom is -0.396 e. The number of nitrogens with zero attached hydrogens (tertiary/aromatic N) is 3. The van der Waals surface area contributed by atoms with Crippen LogP contribution in [0.3, 0.4) is 0 Å². The zero-order chi connectivity index (χ0) is 14.4. The van der Waals surface area contributed by atoms with E-state index < -0.39 is 6.49 Å². The van der Waals surface area contributed by atoms with Crippen molar-refractivity contribution in [3.8, 4) is 24.2 Å². The standard InChI is InChI=1S/C12H8N3O3PS.4H2/c1-2-17-19(20,9-8-16)18-12-13-10-15(14-12)11-6-4-3-5-7-11;;;;/h1,3-7,9-10H;4*1H. The van der Waals surface area contributed by atoms with Gasteiger partial charge in [-0.25, -0.2) is 9.48 Å². The Hall–Kier alpha value is -2.38. The van der Waals surface area contributed by atoms with Crippen LogP contribution in [-0.4, -0.2) is 20.7 Å². The van der Waals surface area contributed by atoms with Gasteiger partial charge in [0.15, 0.2) is 0 Å². The first-order valence-electron chi connectivity index (χ1n) is 5.29. The quantitative estimate of drug-likeness (QED) is 0.480. The van der Waals surface area contributed by atoms with E-state index in [1.54, 1.807) is 0 Å². The van der Waals surface area contributed by atoms with E-state index in [0.29, 0.717) is 0 Å². The second-order valence-corrected chi connectivity index (χ2v) is 6.62. The number of carbonyl (C=O) groups excluding carboxylic acids is 1. The molecule has 6 nitrogen and oxygen atoms in total. The van der Waals surface area contributed by atoms with Gasteiger partial charge < -0.3 is 9.05 Å². The summed E-state index contributed by atoms with van der Waals surface area (Å²) < 4.78 is 11.6. The lowest BCUT2D eigenvalue weighted by molar-refractivity contribution is 0.454. The summed E-state index contributed by atoms with van der Waals surface area (Å²) in [6, 6.07) is 9.26. The number of aromatic nitrogens is 3. The van der Waals surface area contributed by atoms with Gasteiger partial charge in [-0.1, -0.05) is 24.6 Å². The Morgan fingerprint density at radius 3 is 2.85 bits per heavy atom. The van der Waals surface area contributed by atoms with E-state index in [9.17, 15) is 4.79 Å². The zero-order valence-corrected chi connectivity index (χ0v) is 11.8. The minimum atomic E-state index is -3.11. The summed E-state index contributed by atoms with van der Waals surface area (Å²) in [4.78, 5) is 14.4. The fourth-order valence-electron chi connectivity index (χ4n) is 1.32. The Bertz CT molecular complexity index is 748. The molecule has 1 unspecified atom stereocenters. The van der Waals surface area contributed by atoms with Crippen molar-refractivity contribution in [3.63, 3.8) is 0 Å². The summed E-state index contributed by atoms with van der Waals surface area (Å²) in [5, 5.41) is 4.08. The SMILES string of the molecule is C#COP(=S)(C=C=O)Oc1ncn(-c2ccccc2)n1.[HH].[HH].[HH].[HH]. The van der Waals surface area contributed by atoms with Gasteiger partial charge in [-0.2, -0.15) is 4.98 Å². The molecule has 1 atom stereocenters. The highest BCUT2D eigenvalue weighted by atomic mass is 32.5. The third kappa shape index (κ3) is 3.34. The van der Waals surface area contributed by atoms with Crippen LogP contribution in [0.4, 0.5) is 0 Å². The summed E-state index contributed by atoms with van der Waals surface area (Å²) in [6.07, 6.45) is 8.36. The number of benzene rings is 1. The van der Waals surface area contributed by atoms with Crippen molar-refractivity contribution in [1.82, 2.24) is 14.8 Å². The molecule has 1 aromatic carbocycles. The molecule has 0 N–H and O–H groups in total. The van der Waals surface area contributed by atoms with Crippen LogP contribution in [0.5, 0.6) is 6.01 Å². The molecule has 0 spiro atoms. The van der Waals surface area contributed by atoms with Crippen molar-refractivity contribution in [2.75, 3.05) is 0 Å². The molecule has 2 rings (SSSR count). The van der Waals surface area contributed by atoms with Crippen LogP contribution >= 0.6 is 6.49 Å². The molecule has 1 aromatic heterocycles. The van der Waals surface area contributed by atoms with E-state index in [4.69, 9.17) is 27.3 Å². The summed E-state index contributed by atoms with van der Waals surface area (Å²) in [5.41, 5.74) is 0.798. The lowest BCUT2D eigenvalue weighted by atomic mass is 10.3. The predicted octanol–water partition coefficient (Wildman–Crippen LogP) is 2.89. The highest BCUT2D eigenvalue weighted by molar-refractivity contribution is 8.11. The smallest absolute Gasteiger partial charge is 0.341 e. The number of terminal acetylenes is 1. The van der Waals surface area contributed by atoms with Crippen molar-refractivity contribution in [2.45, 2.75) is 0 Å². The van der Waals surface area contributed by atoms with Crippen LogP contribution in [0.25, 0.3) is 5.69 Å². The van der Waals surface area contributed by atoms with E-state index in [1.165, 1.54) is 17.0 Å². The average Bonchev–Trinajstić information content (AvgIpc) is 2.88. The van der Waals surface area contributed by atoms with Crippen LogP contribution < -0.4 is 4.52 Å². The van der Waals surface area contributed by atoms with Gasteiger partial charge in [0.05, 0.1) is 5.69 Å². The Balaban J connectivity index is -0.00000110. The van der Waals surface area contributed by atoms with Crippen molar-refractivity contribution in [3.05, 3.63) is 42.5 Å². The molecule has 0 amide bonds. The Morgan fingerprint density at radius 1 is 1.45 bits per heavy atom. The fraction of sp³-hybridized carbons (Fsp3) is 0. The number of hydrogen-bond donors (Lipinski definition) is 0. The average molecular weight is 313 g/mol. The lowest BCUT2D eigenvalue weighted by Crippen LogP contribution is -1.97. The van der Waals surface area contributed by atoms with E-state index in [0.717, 1.165) is 11.5 Å². The van der Waals surface area contributed by atoms with Gasteiger partial charge in [0.1, 0.15) is 24.2 Å². The van der Waals surface area contributed by atoms with Crippen LogP contribution in [0, 0.1) is 12.5 Å². The Kier molecular flexibility index (Phi) is 4.34. The highest BCUT2D eigenvalue weighted by Crippen LogP contribution is 2.48. The molecule has 0 saturated carbocycles. The number of hydrogen-bond acceptors (Lipinski definition) is 6. The molecular formula is C12H16N3O3PS. The summed E-state index contributed by atoms with van der Waals surface area (Å²) in [6.45, 7) is -3.11. The molecule has 0 saturated heterocycles. The van der Waals surface area contributed by atoms with E-state index in [-0.39, 0.29) is 11.7 Å². The maximum absolute atomic E-state index is 10.4. The number of rotatable bonds is 5. The molecule has 0 fully saturated rings. The van der Waals surface area contributed by atoms with Crippen LogP contribution in [0.15, 0.2) is 42.5 Å². The summed E-state index contributed by atoms with van der Waals surface area (Å²) in [5.74, 6) is 2.45. The van der Waals surface area contributed by atoms with Gasteiger partial charge >= 0.3 is 12.5 Å². The fourth-order valence-corrected chi connectivity index (χ4v) is 2.51. The molecule has 8 heteroatoms. The van der Waals surface area contributed by atoms with Gasteiger partial charge in [0, 0.05) is 5.71 Å². The minimum absolute atomic E-state index is 0. The first-order chi connectivity index (χ1) is 9.67. The van der Waals surface area contributed by atoms with Gasteiger partial charge in [-0.05, 0) is 23.9 Å². The third-order valence-corrected chi connectivity index (χ3v) is 4.05. The van der Waals surface area contributed by atoms with E-state index in [2.05, 4.69) is 10.1 Å². The second kappa shape index (κ2) is 6.18. The molecule has 0 aliphatic carbocycles. The van der Waals surface area contributed by atoms with Crippen LogP contribution in [0.2, 0.25) is 0 Å². The topological polar surface area (TPSA) is 66.2 Å². The molecule has 0 radical (unpaired) electrons. The molecule has 1 heterocycles. The summed E-state index contributed by atoms with van der Waals surface area (Å²) >= 11 is 5.02. The van der Waals surface area contributed by atoms with Gasteiger partial charge in [0.25, 0.3) is 0 Å². The normalized spacial score (nSPS) is 12.6. The van der Waals surface area contributed by atoms with Crippen molar-refractivity contribution in [1.29, 1.82) is 0 Å². The number of para-hydroxylation sites is 1. The Morgan fingerprint density at radius 2 is 2.20 bits per heavy atom. The van der Waals surface area contributed by atoms with Gasteiger partial charge in [-0.3, -0.25) is 0 Å². The lowest BCUT2D eigenvalue weighted by Gasteiger charge is -2.11. The van der Waals surface area contributed by atoms with E-state index in [1.807, 2.05) is 36.4 Å². The molecule has 2 aromatic rings. The maximum atomic E-state index is 10.4. The molecular weight excluding hydrogens is 297 g/mol. The summed E-state index contributed by atoms with van der Waals surface area (Å²) in [7, 11) is 0. The molecule has 0 aliphatic rings. The first-order valence-corrected chi connectivity index (χ1v) is 8.00. The molecule has 0 aliphatic heterocycles. The molecule has 108 valence electrons. The van der Waals surface area contributed by atoms with Crippen molar-refractivity contribution < 1.29 is 19.5 Å². The largest absolute Gasteiger partial charge is 0.396 e. The van der Waals surface area contributed by atoms with Gasteiger partial charge in [0.2, 0.25) is 0 Å². The second-order valence-electron chi connectivity index (χ2n) is 3.39. The predicted molar refractivity (Wildman–Crippen MR) is 84.9 cm³/mol. The zero-order valence-electron chi connectivity index (χ0n) is 10.0. The maximum Gasteiger partial charge on any atom is 0.341 e. The molecule has 0 bridgehead atoms. The third-order valence-electron chi connectivity index (χ3n) is 2.09. The monoisotopic (exact) mass is 313 g/mol. The van der Waals surface area contributed by atoms with Crippen LogP contribution in [-0.2, 0) is 21.1 Å². The molecule has 20 heavy (non-hydrogen) atoms. The van der Waals surface area contributed by atoms with Crippen molar-refractivity contribution >= 4 is 24.2 Å². The van der Waals surface area contributed by atoms with E-state index >= 15 is 0 Å².